The number of hydrogen-bond acceptors (Lipinski definition) is 1. The Morgan fingerprint density at radius 3 is 2.43 bits per heavy atom. The van der Waals surface area contributed by atoms with Crippen LogP contribution in [0.15, 0.2) is 0 Å². The summed E-state index contributed by atoms with van der Waals surface area (Å²) in [5.74, 6) is 0.495. The Bertz CT molecular complexity index is 57.1. The third-order valence-corrected chi connectivity index (χ3v) is 1.50. The van der Waals surface area contributed by atoms with Gasteiger partial charge in [-0.3, -0.25) is 4.39 Å². The molecule has 0 aromatic carbocycles. The van der Waals surface area contributed by atoms with E-state index in [2.05, 4.69) is 0 Å². The molecule has 0 aromatic heterocycles. The molecule has 1 saturated carbocycles. The van der Waals surface area contributed by atoms with E-state index in [9.17, 15) is 4.39 Å². The molecule has 0 unspecified atom stereocenters. The molecule has 42 valence electrons. The van der Waals surface area contributed by atoms with Crippen molar-refractivity contribution in [3.05, 3.63) is 0 Å². The summed E-state index contributed by atoms with van der Waals surface area (Å²) in [5.41, 5.74) is 0. The average molecular weight is 104 g/mol. The van der Waals surface area contributed by atoms with Crippen LogP contribution in [0.25, 0.3) is 0 Å². The molecule has 2 atom stereocenters. The molecule has 2 heteroatoms. The second-order valence-electron chi connectivity index (χ2n) is 2.09. The van der Waals surface area contributed by atoms with Crippen LogP contribution in [-0.2, 0) is 0 Å². The zero-order valence-electron chi connectivity index (χ0n) is 4.10. The highest BCUT2D eigenvalue weighted by Crippen LogP contribution is 2.37. The van der Waals surface area contributed by atoms with Crippen LogP contribution in [-0.4, -0.2) is 18.4 Å². The van der Waals surface area contributed by atoms with Gasteiger partial charge in [0.2, 0.25) is 0 Å². The first-order chi connectivity index (χ1) is 3.38. The lowest BCUT2D eigenvalue weighted by Crippen LogP contribution is -1.88. The molecule has 7 heavy (non-hydrogen) atoms. The summed E-state index contributed by atoms with van der Waals surface area (Å²) in [4.78, 5) is 0. The Balaban J connectivity index is 2.06. The van der Waals surface area contributed by atoms with Crippen LogP contribution in [0.3, 0.4) is 0 Å². The predicted octanol–water partition coefficient (Wildman–Crippen LogP) is 0.584. The standard InChI is InChI=1S/C5H9FO/c6-2-4-1-5(4)3-7/h4-5,7H,1-3H2/t4-,5+/m1/s1. The fourth-order valence-corrected chi connectivity index (χ4v) is 0.723. The zero-order chi connectivity index (χ0) is 5.28. The summed E-state index contributed by atoms with van der Waals surface area (Å²) in [6, 6.07) is 0. The van der Waals surface area contributed by atoms with E-state index in [4.69, 9.17) is 5.11 Å². The summed E-state index contributed by atoms with van der Waals surface area (Å²) < 4.78 is 11.5. The minimum atomic E-state index is -0.245. The summed E-state index contributed by atoms with van der Waals surface area (Å²) in [6.45, 7) is -0.0696. The second-order valence-corrected chi connectivity index (χ2v) is 2.09. The van der Waals surface area contributed by atoms with Gasteiger partial charge < -0.3 is 5.11 Å². The first kappa shape index (κ1) is 5.04. The molecule has 0 aliphatic heterocycles. The number of aliphatic hydroxyl groups is 1. The molecule has 0 amide bonds. The van der Waals surface area contributed by atoms with Gasteiger partial charge in [-0.25, -0.2) is 0 Å². The number of hydrogen-bond donors (Lipinski definition) is 1. The van der Waals surface area contributed by atoms with Crippen molar-refractivity contribution >= 4 is 0 Å². The molecular weight excluding hydrogens is 95.1 g/mol. The Morgan fingerprint density at radius 1 is 1.57 bits per heavy atom. The molecule has 1 nitrogen and oxygen atoms in total. The predicted molar refractivity (Wildman–Crippen MR) is 24.7 cm³/mol. The van der Waals surface area contributed by atoms with E-state index in [1.165, 1.54) is 0 Å². The first-order valence-corrected chi connectivity index (χ1v) is 2.55. The van der Waals surface area contributed by atoms with E-state index in [1.54, 1.807) is 0 Å². The van der Waals surface area contributed by atoms with Gasteiger partial charge in [-0.05, 0) is 18.3 Å². The van der Waals surface area contributed by atoms with Crippen LogP contribution in [0.5, 0.6) is 0 Å². The van der Waals surface area contributed by atoms with Crippen LogP contribution in [0.1, 0.15) is 6.42 Å². The third-order valence-electron chi connectivity index (χ3n) is 1.50. The molecule has 0 saturated heterocycles. The van der Waals surface area contributed by atoms with Crippen molar-refractivity contribution in [2.24, 2.45) is 11.8 Å². The van der Waals surface area contributed by atoms with Gasteiger partial charge in [0, 0.05) is 6.61 Å². The summed E-state index contributed by atoms with van der Waals surface area (Å²) in [5, 5.41) is 8.34. The fourth-order valence-electron chi connectivity index (χ4n) is 0.723. The molecule has 0 bridgehead atoms. The van der Waals surface area contributed by atoms with Crippen molar-refractivity contribution in [2.45, 2.75) is 6.42 Å². The SMILES string of the molecule is OC[C@@H]1C[C@@H]1CF. The first-order valence-electron chi connectivity index (χ1n) is 2.55. The van der Waals surface area contributed by atoms with E-state index in [1.807, 2.05) is 0 Å². The number of aliphatic hydroxyl groups excluding tert-OH is 1. The third kappa shape index (κ3) is 0.911. The molecule has 0 radical (unpaired) electrons. The molecule has 1 aliphatic carbocycles. The lowest BCUT2D eigenvalue weighted by molar-refractivity contribution is 0.262. The van der Waals surface area contributed by atoms with E-state index in [0.29, 0.717) is 5.92 Å². The van der Waals surface area contributed by atoms with Crippen molar-refractivity contribution in [2.75, 3.05) is 13.3 Å². The maximum atomic E-state index is 11.5. The Hall–Kier alpha value is -0.110. The monoisotopic (exact) mass is 104 g/mol. The lowest BCUT2D eigenvalue weighted by atomic mass is 10.4. The maximum Gasteiger partial charge on any atom is 0.0926 e. The van der Waals surface area contributed by atoms with Gasteiger partial charge in [-0.2, -0.15) is 0 Å². The van der Waals surface area contributed by atoms with Crippen LogP contribution >= 0.6 is 0 Å². The van der Waals surface area contributed by atoms with E-state index in [-0.39, 0.29) is 19.2 Å². The highest BCUT2D eigenvalue weighted by molar-refractivity contribution is 4.84. The van der Waals surface area contributed by atoms with Gasteiger partial charge in [-0.1, -0.05) is 0 Å². The quantitative estimate of drug-likeness (QED) is 0.543. The smallest absolute Gasteiger partial charge is 0.0926 e. The number of rotatable bonds is 2. The molecular formula is C5H9FO. The van der Waals surface area contributed by atoms with Gasteiger partial charge in [0.1, 0.15) is 0 Å². The van der Waals surface area contributed by atoms with Gasteiger partial charge in [0.15, 0.2) is 0 Å². The Labute approximate surface area is 42.2 Å². The second kappa shape index (κ2) is 1.78. The molecule has 0 heterocycles. The number of halogens is 1. The van der Waals surface area contributed by atoms with Gasteiger partial charge in [-0.15, -0.1) is 0 Å². The van der Waals surface area contributed by atoms with Crippen molar-refractivity contribution in [3.63, 3.8) is 0 Å². The molecule has 1 N–H and O–H groups in total. The molecule has 0 aromatic rings. The van der Waals surface area contributed by atoms with Crippen LogP contribution in [0.4, 0.5) is 4.39 Å². The minimum Gasteiger partial charge on any atom is -0.396 e. The van der Waals surface area contributed by atoms with E-state index < -0.39 is 0 Å². The molecule has 1 fully saturated rings. The zero-order valence-corrected chi connectivity index (χ0v) is 4.10. The molecule has 0 spiro atoms. The highest BCUT2D eigenvalue weighted by atomic mass is 19.1. The van der Waals surface area contributed by atoms with Crippen LogP contribution in [0.2, 0.25) is 0 Å². The van der Waals surface area contributed by atoms with E-state index >= 15 is 0 Å². The molecule has 1 aliphatic rings. The largest absolute Gasteiger partial charge is 0.396 e. The van der Waals surface area contributed by atoms with Crippen molar-refractivity contribution in [3.8, 4) is 0 Å². The topological polar surface area (TPSA) is 20.2 Å². The van der Waals surface area contributed by atoms with Crippen LogP contribution < -0.4 is 0 Å². The summed E-state index contributed by atoms with van der Waals surface area (Å²) in [6.07, 6.45) is 0.896. The highest BCUT2D eigenvalue weighted by Gasteiger charge is 2.35. The van der Waals surface area contributed by atoms with Gasteiger partial charge >= 0.3 is 0 Å². The van der Waals surface area contributed by atoms with Crippen molar-refractivity contribution in [1.82, 2.24) is 0 Å². The normalized spacial score (nSPS) is 38.6. The fraction of sp³-hybridized carbons (Fsp3) is 1.00. The van der Waals surface area contributed by atoms with Gasteiger partial charge in [0.25, 0.3) is 0 Å². The van der Waals surface area contributed by atoms with Gasteiger partial charge in [0.05, 0.1) is 6.67 Å². The lowest BCUT2D eigenvalue weighted by Gasteiger charge is -1.83. The summed E-state index contributed by atoms with van der Waals surface area (Å²) >= 11 is 0. The average Bonchev–Trinajstić information content (AvgIpc) is 2.43. The minimum absolute atomic E-state index is 0.175. The number of alkyl halides is 1. The van der Waals surface area contributed by atoms with Crippen molar-refractivity contribution < 1.29 is 9.50 Å². The van der Waals surface area contributed by atoms with Crippen molar-refractivity contribution in [1.29, 1.82) is 0 Å². The van der Waals surface area contributed by atoms with E-state index in [0.717, 1.165) is 6.42 Å². The molecule has 1 rings (SSSR count). The Morgan fingerprint density at radius 2 is 2.29 bits per heavy atom. The Kier molecular flexibility index (Phi) is 1.28. The summed E-state index contributed by atoms with van der Waals surface area (Å²) in [7, 11) is 0. The maximum absolute atomic E-state index is 11.5. The van der Waals surface area contributed by atoms with Crippen LogP contribution in [0, 0.1) is 11.8 Å².